The Balaban J connectivity index is 2.17. The van der Waals surface area contributed by atoms with Crippen molar-refractivity contribution in [2.24, 2.45) is 0 Å². The standard InChI is InChI=1S/C13H18F2N2/c1-13(2)7-10(8-16-13)17(3)12-5-4-9(14)6-11(12)15/h4-6,10,16H,7-8H2,1-3H3. The van der Waals surface area contributed by atoms with Gasteiger partial charge in [-0.1, -0.05) is 0 Å². The van der Waals surface area contributed by atoms with Crippen molar-refractivity contribution >= 4 is 5.69 Å². The number of anilines is 1. The Morgan fingerprint density at radius 3 is 2.59 bits per heavy atom. The second-order valence-electron chi connectivity index (χ2n) is 5.33. The van der Waals surface area contributed by atoms with Crippen molar-refractivity contribution in [3.63, 3.8) is 0 Å². The maximum atomic E-state index is 13.6. The summed E-state index contributed by atoms with van der Waals surface area (Å²) in [5.74, 6) is -1.04. The van der Waals surface area contributed by atoms with Crippen LogP contribution in [-0.4, -0.2) is 25.2 Å². The SMILES string of the molecule is CN(c1ccc(F)cc1F)C1CNC(C)(C)C1. The van der Waals surface area contributed by atoms with Gasteiger partial charge in [-0.25, -0.2) is 8.78 Å². The molecular formula is C13H18F2N2. The number of halogens is 2. The number of hydrogen-bond acceptors (Lipinski definition) is 2. The maximum absolute atomic E-state index is 13.6. The average Bonchev–Trinajstić information content (AvgIpc) is 2.58. The molecule has 0 aliphatic carbocycles. The fourth-order valence-electron chi connectivity index (χ4n) is 2.37. The van der Waals surface area contributed by atoms with Crippen LogP contribution in [0.25, 0.3) is 0 Å². The van der Waals surface area contributed by atoms with Crippen molar-refractivity contribution in [2.75, 3.05) is 18.5 Å². The monoisotopic (exact) mass is 240 g/mol. The van der Waals surface area contributed by atoms with Gasteiger partial charge in [0.15, 0.2) is 0 Å². The molecule has 0 radical (unpaired) electrons. The molecule has 1 unspecified atom stereocenters. The lowest BCUT2D eigenvalue weighted by molar-refractivity contribution is 0.453. The number of hydrogen-bond donors (Lipinski definition) is 1. The lowest BCUT2D eigenvalue weighted by Crippen LogP contribution is -2.33. The van der Waals surface area contributed by atoms with Gasteiger partial charge < -0.3 is 10.2 Å². The van der Waals surface area contributed by atoms with Gasteiger partial charge in [-0.15, -0.1) is 0 Å². The van der Waals surface area contributed by atoms with Gasteiger partial charge in [-0.2, -0.15) is 0 Å². The Labute approximate surface area is 101 Å². The van der Waals surface area contributed by atoms with Crippen molar-refractivity contribution in [2.45, 2.75) is 31.8 Å². The van der Waals surface area contributed by atoms with E-state index in [0.29, 0.717) is 5.69 Å². The summed E-state index contributed by atoms with van der Waals surface area (Å²) < 4.78 is 26.5. The molecule has 94 valence electrons. The van der Waals surface area contributed by atoms with Gasteiger partial charge in [0.05, 0.1) is 5.69 Å². The van der Waals surface area contributed by atoms with E-state index < -0.39 is 11.6 Å². The van der Waals surface area contributed by atoms with Crippen LogP contribution in [0.2, 0.25) is 0 Å². The molecule has 1 aliphatic heterocycles. The molecule has 1 atom stereocenters. The van der Waals surface area contributed by atoms with E-state index in [9.17, 15) is 8.78 Å². The number of benzene rings is 1. The normalized spacial score (nSPS) is 22.8. The second-order valence-corrected chi connectivity index (χ2v) is 5.33. The van der Waals surface area contributed by atoms with Crippen LogP contribution in [0.5, 0.6) is 0 Å². The maximum Gasteiger partial charge on any atom is 0.149 e. The van der Waals surface area contributed by atoms with E-state index in [4.69, 9.17) is 0 Å². The number of likely N-dealkylation sites (N-methyl/N-ethyl adjacent to an activating group) is 1. The van der Waals surface area contributed by atoms with Gasteiger partial charge in [0.1, 0.15) is 11.6 Å². The third-order valence-corrected chi connectivity index (χ3v) is 3.40. The van der Waals surface area contributed by atoms with Crippen molar-refractivity contribution in [1.29, 1.82) is 0 Å². The van der Waals surface area contributed by atoms with E-state index in [1.165, 1.54) is 12.1 Å². The van der Waals surface area contributed by atoms with E-state index >= 15 is 0 Å². The number of nitrogens with zero attached hydrogens (tertiary/aromatic N) is 1. The van der Waals surface area contributed by atoms with E-state index in [-0.39, 0.29) is 11.6 Å². The molecule has 1 fully saturated rings. The van der Waals surface area contributed by atoms with E-state index in [1.54, 1.807) is 0 Å². The van der Waals surface area contributed by atoms with Gasteiger partial charge in [0.2, 0.25) is 0 Å². The van der Waals surface area contributed by atoms with Gasteiger partial charge in [0, 0.05) is 31.2 Å². The lowest BCUT2D eigenvalue weighted by atomic mass is 10.0. The summed E-state index contributed by atoms with van der Waals surface area (Å²) >= 11 is 0. The molecule has 0 spiro atoms. The zero-order valence-electron chi connectivity index (χ0n) is 10.4. The molecule has 0 aromatic heterocycles. The zero-order valence-corrected chi connectivity index (χ0v) is 10.4. The van der Waals surface area contributed by atoms with Crippen molar-refractivity contribution in [3.8, 4) is 0 Å². The molecule has 0 saturated carbocycles. The Morgan fingerprint density at radius 2 is 2.06 bits per heavy atom. The quantitative estimate of drug-likeness (QED) is 0.854. The Bertz CT molecular complexity index is 418. The third-order valence-electron chi connectivity index (χ3n) is 3.40. The molecule has 2 nitrogen and oxygen atoms in total. The minimum absolute atomic E-state index is 0.0788. The summed E-state index contributed by atoms with van der Waals surface area (Å²) in [5.41, 5.74) is 0.533. The van der Waals surface area contributed by atoms with Crippen LogP contribution >= 0.6 is 0 Å². The van der Waals surface area contributed by atoms with E-state index in [1.807, 2.05) is 11.9 Å². The van der Waals surface area contributed by atoms with Crippen LogP contribution in [0.3, 0.4) is 0 Å². The fourth-order valence-corrected chi connectivity index (χ4v) is 2.37. The number of nitrogens with one attached hydrogen (secondary N) is 1. The second kappa shape index (κ2) is 4.26. The molecule has 0 bridgehead atoms. The topological polar surface area (TPSA) is 15.3 Å². The molecule has 1 aromatic rings. The first-order valence-electron chi connectivity index (χ1n) is 5.82. The van der Waals surface area contributed by atoms with Gasteiger partial charge in [0.25, 0.3) is 0 Å². The molecule has 4 heteroatoms. The smallest absolute Gasteiger partial charge is 0.149 e. The summed E-state index contributed by atoms with van der Waals surface area (Å²) in [6.07, 6.45) is 0.945. The molecule has 17 heavy (non-hydrogen) atoms. The largest absolute Gasteiger partial charge is 0.368 e. The van der Waals surface area contributed by atoms with Gasteiger partial charge in [-0.3, -0.25) is 0 Å². The molecular weight excluding hydrogens is 222 g/mol. The summed E-state index contributed by atoms with van der Waals surface area (Å²) in [6.45, 7) is 5.07. The molecule has 1 saturated heterocycles. The van der Waals surface area contributed by atoms with Gasteiger partial charge >= 0.3 is 0 Å². The minimum atomic E-state index is -0.537. The number of rotatable bonds is 2. The highest BCUT2D eigenvalue weighted by Gasteiger charge is 2.33. The Morgan fingerprint density at radius 1 is 1.35 bits per heavy atom. The van der Waals surface area contributed by atoms with E-state index in [0.717, 1.165) is 19.0 Å². The lowest BCUT2D eigenvalue weighted by Gasteiger charge is -2.27. The van der Waals surface area contributed by atoms with Crippen LogP contribution < -0.4 is 10.2 Å². The van der Waals surface area contributed by atoms with Crippen LogP contribution in [-0.2, 0) is 0 Å². The molecule has 1 aliphatic rings. The highest BCUT2D eigenvalue weighted by molar-refractivity contribution is 5.48. The van der Waals surface area contributed by atoms with E-state index in [2.05, 4.69) is 19.2 Å². The first kappa shape index (κ1) is 12.3. The van der Waals surface area contributed by atoms with Crippen LogP contribution in [0.1, 0.15) is 20.3 Å². The molecule has 2 rings (SSSR count). The van der Waals surface area contributed by atoms with Crippen molar-refractivity contribution in [1.82, 2.24) is 5.32 Å². The predicted octanol–water partition coefficient (Wildman–Crippen LogP) is 2.54. The van der Waals surface area contributed by atoms with Crippen LogP contribution in [0, 0.1) is 11.6 Å². The summed E-state index contributed by atoms with van der Waals surface area (Å²) in [5, 5.41) is 3.39. The Kier molecular flexibility index (Phi) is 3.08. The molecule has 1 N–H and O–H groups in total. The first-order valence-corrected chi connectivity index (χ1v) is 5.82. The third kappa shape index (κ3) is 2.57. The van der Waals surface area contributed by atoms with Gasteiger partial charge in [-0.05, 0) is 32.4 Å². The van der Waals surface area contributed by atoms with Crippen LogP contribution in [0.4, 0.5) is 14.5 Å². The first-order chi connectivity index (χ1) is 7.89. The molecule has 0 amide bonds. The summed E-state index contributed by atoms with van der Waals surface area (Å²) in [7, 11) is 1.85. The molecule has 1 aromatic carbocycles. The highest BCUT2D eigenvalue weighted by Crippen LogP contribution is 2.27. The van der Waals surface area contributed by atoms with Crippen LogP contribution in [0.15, 0.2) is 18.2 Å². The predicted molar refractivity (Wildman–Crippen MR) is 65.2 cm³/mol. The molecule has 1 heterocycles. The summed E-state index contributed by atoms with van der Waals surface area (Å²) in [4.78, 5) is 1.89. The van der Waals surface area contributed by atoms with Crippen molar-refractivity contribution in [3.05, 3.63) is 29.8 Å². The summed E-state index contributed by atoms with van der Waals surface area (Å²) in [6, 6.07) is 3.96. The zero-order chi connectivity index (χ0) is 12.6. The minimum Gasteiger partial charge on any atom is -0.368 e. The van der Waals surface area contributed by atoms with Crippen molar-refractivity contribution < 1.29 is 8.78 Å². The highest BCUT2D eigenvalue weighted by atomic mass is 19.1. The average molecular weight is 240 g/mol. The fraction of sp³-hybridized carbons (Fsp3) is 0.538. The Hall–Kier alpha value is -1.16.